The van der Waals surface area contributed by atoms with Crippen LogP contribution in [0.15, 0.2) is 49.1 Å². The first-order valence-electron chi connectivity index (χ1n) is 9.82. The van der Waals surface area contributed by atoms with Crippen LogP contribution in [-0.2, 0) is 9.53 Å². The van der Waals surface area contributed by atoms with E-state index in [2.05, 4.69) is 35.5 Å². The minimum Gasteiger partial charge on any atom is -0.461 e. The van der Waals surface area contributed by atoms with Crippen molar-refractivity contribution >= 4 is 34.4 Å². The van der Waals surface area contributed by atoms with Crippen molar-refractivity contribution < 1.29 is 14.3 Å². The van der Waals surface area contributed by atoms with Crippen molar-refractivity contribution in [3.63, 3.8) is 0 Å². The van der Waals surface area contributed by atoms with Crippen molar-refractivity contribution in [3.8, 4) is 17.3 Å². The average molecular weight is 454 g/mol. The largest absolute Gasteiger partial charge is 0.461 e. The van der Waals surface area contributed by atoms with E-state index >= 15 is 0 Å². The molecule has 164 valence electrons. The van der Waals surface area contributed by atoms with Gasteiger partial charge in [-0.15, -0.1) is 0 Å². The summed E-state index contributed by atoms with van der Waals surface area (Å²) in [6.45, 7) is 3.74. The number of aromatic nitrogens is 6. The number of carbonyl (C=O) groups excluding carboxylic acids is 1. The molecular weight excluding hydrogens is 434 g/mol. The molecule has 0 bridgehead atoms. The van der Waals surface area contributed by atoms with Gasteiger partial charge in [0.1, 0.15) is 17.5 Å². The Bertz CT molecular complexity index is 1220. The van der Waals surface area contributed by atoms with Gasteiger partial charge in [-0.05, 0) is 32.0 Å². The molecule has 32 heavy (non-hydrogen) atoms. The summed E-state index contributed by atoms with van der Waals surface area (Å²) in [5.41, 5.74) is 1.07. The average Bonchev–Trinajstić information content (AvgIpc) is 3.26. The number of benzene rings is 1. The van der Waals surface area contributed by atoms with Gasteiger partial charge < -0.3 is 14.8 Å². The zero-order chi connectivity index (χ0) is 22.5. The molecule has 0 radical (unpaired) electrons. The second-order valence-electron chi connectivity index (χ2n) is 7.04. The minimum absolute atomic E-state index is 0.000637. The molecule has 0 spiro atoms. The predicted octanol–water partition coefficient (Wildman–Crippen LogP) is 3.27. The SMILES string of the molecule is CC(C)OCC(Oc1nc(-c2ccccc2Cl)nc2[nH]ncc12)C(=O)Nc1ccncn1. The van der Waals surface area contributed by atoms with Crippen LogP contribution in [0.4, 0.5) is 5.82 Å². The normalized spacial score (nSPS) is 12.1. The van der Waals surface area contributed by atoms with Crippen LogP contribution in [0.25, 0.3) is 22.4 Å². The van der Waals surface area contributed by atoms with E-state index in [9.17, 15) is 4.79 Å². The van der Waals surface area contributed by atoms with Crippen molar-refractivity contribution in [2.45, 2.75) is 26.1 Å². The number of hydrogen-bond donors (Lipinski definition) is 2. The summed E-state index contributed by atoms with van der Waals surface area (Å²) in [5.74, 6) is 0.408. The lowest BCUT2D eigenvalue weighted by molar-refractivity contribution is -0.126. The Hall–Kier alpha value is -3.63. The first-order valence-corrected chi connectivity index (χ1v) is 10.2. The predicted molar refractivity (Wildman–Crippen MR) is 118 cm³/mol. The molecule has 1 aromatic carbocycles. The monoisotopic (exact) mass is 453 g/mol. The van der Waals surface area contributed by atoms with Crippen LogP contribution < -0.4 is 10.1 Å². The molecule has 4 rings (SSSR count). The molecule has 0 aliphatic carbocycles. The number of amides is 1. The van der Waals surface area contributed by atoms with Gasteiger partial charge in [0.05, 0.1) is 23.9 Å². The first kappa shape index (κ1) is 21.6. The summed E-state index contributed by atoms with van der Waals surface area (Å²) >= 11 is 6.32. The number of aromatic amines is 1. The number of nitrogens with zero attached hydrogens (tertiary/aromatic N) is 5. The van der Waals surface area contributed by atoms with Crippen molar-refractivity contribution in [2.75, 3.05) is 11.9 Å². The van der Waals surface area contributed by atoms with Gasteiger partial charge in [-0.3, -0.25) is 9.89 Å². The number of anilines is 1. The summed E-state index contributed by atoms with van der Waals surface area (Å²) in [6.07, 6.45) is 3.28. The maximum atomic E-state index is 12.9. The number of hydrogen-bond acceptors (Lipinski definition) is 8. The second-order valence-corrected chi connectivity index (χ2v) is 7.44. The van der Waals surface area contributed by atoms with Crippen LogP contribution in [0.5, 0.6) is 5.88 Å². The molecule has 1 amide bonds. The smallest absolute Gasteiger partial charge is 0.269 e. The van der Waals surface area contributed by atoms with Crippen molar-refractivity contribution in [1.82, 2.24) is 30.1 Å². The van der Waals surface area contributed by atoms with E-state index < -0.39 is 12.0 Å². The Morgan fingerprint density at radius 1 is 1.22 bits per heavy atom. The molecule has 2 N–H and O–H groups in total. The third kappa shape index (κ3) is 4.98. The number of nitrogens with one attached hydrogen (secondary N) is 2. The highest BCUT2D eigenvalue weighted by molar-refractivity contribution is 6.33. The standard InChI is InChI=1S/C21H20ClN7O3/c1-12(2)31-10-16(20(30)26-17-7-8-23-11-24-17)32-21-14-9-25-29-19(14)27-18(28-21)13-5-3-4-6-15(13)22/h3-9,11-12,16H,10H2,1-2H3,(H,23,24,26,30)(H,25,27,28,29). The van der Waals surface area contributed by atoms with E-state index in [1.54, 1.807) is 18.2 Å². The Morgan fingerprint density at radius 2 is 2.06 bits per heavy atom. The summed E-state index contributed by atoms with van der Waals surface area (Å²) in [4.78, 5) is 29.8. The molecule has 1 atom stereocenters. The zero-order valence-corrected chi connectivity index (χ0v) is 18.1. The van der Waals surface area contributed by atoms with Crippen LogP contribution in [0.3, 0.4) is 0 Å². The molecule has 3 aromatic heterocycles. The van der Waals surface area contributed by atoms with Crippen LogP contribution in [-0.4, -0.2) is 54.9 Å². The van der Waals surface area contributed by atoms with Gasteiger partial charge in [0.25, 0.3) is 5.91 Å². The maximum absolute atomic E-state index is 12.9. The number of fused-ring (bicyclic) bond motifs is 1. The third-order valence-electron chi connectivity index (χ3n) is 4.35. The summed E-state index contributed by atoms with van der Waals surface area (Å²) in [5, 5.41) is 10.5. The van der Waals surface area contributed by atoms with E-state index in [0.29, 0.717) is 33.3 Å². The fourth-order valence-electron chi connectivity index (χ4n) is 2.81. The lowest BCUT2D eigenvalue weighted by atomic mass is 10.2. The van der Waals surface area contributed by atoms with Crippen molar-refractivity contribution in [1.29, 1.82) is 0 Å². The second kappa shape index (κ2) is 9.67. The molecule has 3 heterocycles. The molecule has 0 aliphatic heterocycles. The Balaban J connectivity index is 1.67. The van der Waals surface area contributed by atoms with Crippen molar-refractivity contribution in [3.05, 3.63) is 54.1 Å². The fourth-order valence-corrected chi connectivity index (χ4v) is 3.03. The molecule has 10 nitrogen and oxygen atoms in total. The molecular formula is C21H20ClN7O3. The van der Waals surface area contributed by atoms with Crippen LogP contribution >= 0.6 is 11.6 Å². The van der Waals surface area contributed by atoms with Crippen LogP contribution in [0.1, 0.15) is 13.8 Å². The van der Waals surface area contributed by atoms with E-state index in [1.807, 2.05) is 26.0 Å². The number of H-pyrrole nitrogens is 1. The molecule has 0 saturated carbocycles. The highest BCUT2D eigenvalue weighted by atomic mass is 35.5. The maximum Gasteiger partial charge on any atom is 0.269 e. The lowest BCUT2D eigenvalue weighted by Crippen LogP contribution is -2.38. The van der Waals surface area contributed by atoms with Crippen LogP contribution in [0.2, 0.25) is 5.02 Å². The van der Waals surface area contributed by atoms with Crippen LogP contribution in [0, 0.1) is 0 Å². The van der Waals surface area contributed by atoms with E-state index in [1.165, 1.54) is 18.7 Å². The minimum atomic E-state index is -1.01. The number of ether oxygens (including phenoxy) is 2. The molecule has 0 saturated heterocycles. The topological polar surface area (TPSA) is 128 Å². The number of carbonyl (C=O) groups is 1. The van der Waals surface area contributed by atoms with E-state index in [4.69, 9.17) is 21.1 Å². The summed E-state index contributed by atoms with van der Waals surface area (Å²) in [7, 11) is 0. The summed E-state index contributed by atoms with van der Waals surface area (Å²) in [6, 6.07) is 8.76. The highest BCUT2D eigenvalue weighted by Crippen LogP contribution is 2.30. The Morgan fingerprint density at radius 3 is 2.81 bits per heavy atom. The lowest BCUT2D eigenvalue weighted by Gasteiger charge is -2.20. The van der Waals surface area contributed by atoms with Gasteiger partial charge in [-0.25, -0.2) is 15.0 Å². The molecule has 1 unspecified atom stereocenters. The molecule has 11 heteroatoms. The Labute approximate surface area is 188 Å². The third-order valence-corrected chi connectivity index (χ3v) is 4.68. The molecule has 0 fully saturated rings. The Kier molecular flexibility index (Phi) is 6.52. The zero-order valence-electron chi connectivity index (χ0n) is 17.3. The number of halogens is 1. The molecule has 4 aromatic rings. The van der Waals surface area contributed by atoms with Gasteiger partial charge in [0, 0.05) is 11.8 Å². The van der Waals surface area contributed by atoms with Crippen molar-refractivity contribution in [2.24, 2.45) is 0 Å². The van der Waals surface area contributed by atoms with Gasteiger partial charge >= 0.3 is 0 Å². The number of rotatable bonds is 8. The van der Waals surface area contributed by atoms with E-state index in [0.717, 1.165) is 0 Å². The molecule has 0 aliphatic rings. The summed E-state index contributed by atoms with van der Waals surface area (Å²) < 4.78 is 11.7. The fraction of sp³-hybridized carbons (Fsp3) is 0.238. The van der Waals surface area contributed by atoms with E-state index in [-0.39, 0.29) is 18.6 Å². The quantitative estimate of drug-likeness (QED) is 0.416. The highest BCUT2D eigenvalue weighted by Gasteiger charge is 2.25. The van der Waals surface area contributed by atoms with Gasteiger partial charge in [0.15, 0.2) is 11.5 Å². The van der Waals surface area contributed by atoms with Gasteiger partial charge in [-0.1, -0.05) is 23.7 Å². The van der Waals surface area contributed by atoms with Gasteiger partial charge in [0.2, 0.25) is 12.0 Å². The van der Waals surface area contributed by atoms with Gasteiger partial charge in [-0.2, -0.15) is 10.1 Å². The first-order chi connectivity index (χ1) is 15.5.